The van der Waals surface area contributed by atoms with Crippen LogP contribution in [-0.4, -0.2) is 29.0 Å². The van der Waals surface area contributed by atoms with Crippen LogP contribution in [0.4, 0.5) is 11.9 Å². The van der Waals surface area contributed by atoms with Gasteiger partial charge in [-0.1, -0.05) is 29.3 Å². The van der Waals surface area contributed by atoms with E-state index in [1.165, 1.54) is 6.08 Å². The predicted octanol–water partition coefficient (Wildman–Crippen LogP) is 2.89. The normalized spacial score (nSPS) is 11.1. The van der Waals surface area contributed by atoms with Gasteiger partial charge in [0.15, 0.2) is 5.82 Å². The maximum atomic E-state index is 9.38. The molecule has 0 aliphatic rings. The van der Waals surface area contributed by atoms with Crippen molar-refractivity contribution in [3.63, 3.8) is 0 Å². The topological polar surface area (TPSA) is 91.7 Å². The van der Waals surface area contributed by atoms with Gasteiger partial charge in [0.25, 0.3) is 0 Å². The van der Waals surface area contributed by atoms with Crippen molar-refractivity contribution >= 4 is 46.7 Å². The van der Waals surface area contributed by atoms with Crippen LogP contribution in [0, 0.1) is 11.3 Å². The van der Waals surface area contributed by atoms with Gasteiger partial charge in [0.2, 0.25) is 11.9 Å². The van der Waals surface area contributed by atoms with E-state index in [1.807, 2.05) is 6.07 Å². The molecule has 2 aromatic rings. The van der Waals surface area contributed by atoms with Crippen LogP contribution in [0.3, 0.4) is 0 Å². The highest BCUT2D eigenvalue weighted by Crippen LogP contribution is 2.28. The molecule has 0 atom stereocenters. The first-order valence-corrected chi connectivity index (χ1v) is 6.93. The zero-order chi connectivity index (χ0) is 16.3. The maximum Gasteiger partial charge on any atom is 0.230 e. The Labute approximate surface area is 137 Å². The second kappa shape index (κ2) is 6.60. The Balaban J connectivity index is 2.58. The highest BCUT2D eigenvalue weighted by atomic mass is 35.5. The summed E-state index contributed by atoms with van der Waals surface area (Å²) in [6.07, 6.45) is 1.53. The summed E-state index contributed by atoms with van der Waals surface area (Å²) in [7, 11) is 3.53. The molecule has 2 rings (SSSR count). The summed E-state index contributed by atoms with van der Waals surface area (Å²) in [6.45, 7) is 0. The lowest BCUT2D eigenvalue weighted by Gasteiger charge is -2.11. The standard InChI is InChI=1S/C14H12Cl2N6/c1-22(2)14-20-12(19-13(18)21-14)8(7-17)6-9-10(15)4-3-5-11(9)16/h3-6H,1-2H3,(H2,18,19,20,21)/b8-6-. The van der Waals surface area contributed by atoms with Crippen molar-refractivity contribution in [3.8, 4) is 6.07 Å². The highest BCUT2D eigenvalue weighted by molar-refractivity contribution is 6.37. The number of aromatic nitrogens is 3. The molecule has 0 spiro atoms. The van der Waals surface area contributed by atoms with Crippen molar-refractivity contribution in [1.29, 1.82) is 5.26 Å². The minimum Gasteiger partial charge on any atom is -0.368 e. The van der Waals surface area contributed by atoms with E-state index < -0.39 is 0 Å². The summed E-state index contributed by atoms with van der Waals surface area (Å²) in [5.41, 5.74) is 6.37. The van der Waals surface area contributed by atoms with E-state index in [0.29, 0.717) is 21.6 Å². The van der Waals surface area contributed by atoms with Crippen LogP contribution >= 0.6 is 23.2 Å². The Morgan fingerprint density at radius 3 is 2.41 bits per heavy atom. The Morgan fingerprint density at radius 2 is 1.86 bits per heavy atom. The number of nitrogens with two attached hydrogens (primary N) is 1. The summed E-state index contributed by atoms with van der Waals surface area (Å²) < 4.78 is 0. The van der Waals surface area contributed by atoms with Crippen LogP contribution in [0.1, 0.15) is 11.4 Å². The highest BCUT2D eigenvalue weighted by Gasteiger charge is 2.12. The first kappa shape index (κ1) is 16.0. The molecular formula is C14H12Cl2N6. The molecule has 0 amide bonds. The van der Waals surface area contributed by atoms with Gasteiger partial charge in [0.1, 0.15) is 6.07 Å². The zero-order valence-electron chi connectivity index (χ0n) is 11.9. The van der Waals surface area contributed by atoms with Gasteiger partial charge in [-0.25, -0.2) is 0 Å². The minimum atomic E-state index is 0.0279. The summed E-state index contributed by atoms with van der Waals surface area (Å²) in [5.74, 6) is 0.545. The molecule has 2 N–H and O–H groups in total. The lowest BCUT2D eigenvalue weighted by atomic mass is 10.1. The summed E-state index contributed by atoms with van der Waals surface area (Å²) in [4.78, 5) is 13.9. The molecule has 1 heterocycles. The van der Waals surface area contributed by atoms with Gasteiger partial charge in [0, 0.05) is 29.7 Å². The molecule has 1 aromatic heterocycles. The van der Waals surface area contributed by atoms with E-state index in [4.69, 9.17) is 28.9 Å². The molecule has 112 valence electrons. The zero-order valence-corrected chi connectivity index (χ0v) is 13.4. The fraction of sp³-hybridized carbons (Fsp3) is 0.143. The molecule has 8 heteroatoms. The third-order valence-electron chi connectivity index (χ3n) is 2.69. The third-order valence-corrected chi connectivity index (χ3v) is 3.35. The lowest BCUT2D eigenvalue weighted by molar-refractivity contribution is 0.952. The van der Waals surface area contributed by atoms with Gasteiger partial charge in [-0.3, -0.25) is 0 Å². The van der Waals surface area contributed by atoms with Crippen LogP contribution in [0.25, 0.3) is 11.6 Å². The van der Waals surface area contributed by atoms with Crippen LogP contribution in [-0.2, 0) is 0 Å². The molecular weight excluding hydrogens is 323 g/mol. The van der Waals surface area contributed by atoms with Crippen molar-refractivity contribution in [2.75, 3.05) is 24.7 Å². The summed E-state index contributed by atoms with van der Waals surface area (Å²) in [6, 6.07) is 7.12. The molecule has 0 aliphatic heterocycles. The van der Waals surface area contributed by atoms with Crippen LogP contribution in [0.2, 0.25) is 10.0 Å². The molecule has 6 nitrogen and oxygen atoms in total. The van der Waals surface area contributed by atoms with E-state index in [0.717, 1.165) is 0 Å². The number of allylic oxidation sites excluding steroid dienone is 1. The monoisotopic (exact) mass is 334 g/mol. The second-order valence-corrected chi connectivity index (χ2v) is 5.33. The van der Waals surface area contributed by atoms with Gasteiger partial charge < -0.3 is 10.6 Å². The van der Waals surface area contributed by atoms with Crippen molar-refractivity contribution in [2.45, 2.75) is 0 Å². The third kappa shape index (κ3) is 3.45. The second-order valence-electron chi connectivity index (χ2n) is 4.52. The average Bonchev–Trinajstić information content (AvgIpc) is 2.46. The fourth-order valence-electron chi connectivity index (χ4n) is 1.64. The lowest BCUT2D eigenvalue weighted by Crippen LogP contribution is -2.15. The number of anilines is 2. The molecule has 22 heavy (non-hydrogen) atoms. The minimum absolute atomic E-state index is 0.0279. The quantitative estimate of drug-likeness (QED) is 0.867. The molecule has 1 aromatic carbocycles. The van der Waals surface area contributed by atoms with Gasteiger partial charge in [-0.05, 0) is 18.2 Å². The van der Waals surface area contributed by atoms with E-state index in [1.54, 1.807) is 37.2 Å². The Bertz CT molecular complexity index is 759. The van der Waals surface area contributed by atoms with E-state index in [9.17, 15) is 5.26 Å². The predicted molar refractivity (Wildman–Crippen MR) is 88.5 cm³/mol. The van der Waals surface area contributed by atoms with Gasteiger partial charge >= 0.3 is 0 Å². The molecule has 0 aliphatic carbocycles. The number of halogens is 2. The average molecular weight is 335 g/mol. The molecule has 0 saturated heterocycles. The van der Waals surface area contributed by atoms with Gasteiger partial charge in [0.05, 0.1) is 5.57 Å². The molecule has 0 saturated carbocycles. The number of hydrogen-bond donors (Lipinski definition) is 1. The Morgan fingerprint density at radius 1 is 1.23 bits per heavy atom. The van der Waals surface area contributed by atoms with Gasteiger partial charge in [-0.15, -0.1) is 0 Å². The van der Waals surface area contributed by atoms with Crippen LogP contribution < -0.4 is 10.6 Å². The Hall–Kier alpha value is -2.36. The fourth-order valence-corrected chi connectivity index (χ4v) is 2.15. The number of nitrogen functional groups attached to an aromatic ring is 1. The summed E-state index contributed by atoms with van der Waals surface area (Å²) in [5, 5.41) is 10.2. The van der Waals surface area contributed by atoms with E-state index in [2.05, 4.69) is 15.0 Å². The SMILES string of the molecule is CN(C)c1nc(N)nc(/C(C#N)=C\c2c(Cl)cccc2Cl)n1. The Kier molecular flexibility index (Phi) is 4.81. The molecule has 0 fully saturated rings. The largest absolute Gasteiger partial charge is 0.368 e. The molecule has 0 radical (unpaired) electrons. The number of rotatable bonds is 3. The van der Waals surface area contributed by atoms with Crippen molar-refractivity contribution < 1.29 is 0 Å². The number of nitrogens with zero attached hydrogens (tertiary/aromatic N) is 5. The first-order chi connectivity index (χ1) is 10.4. The smallest absolute Gasteiger partial charge is 0.230 e. The maximum absolute atomic E-state index is 9.38. The number of hydrogen-bond acceptors (Lipinski definition) is 6. The van der Waals surface area contributed by atoms with Gasteiger partial charge in [-0.2, -0.15) is 20.2 Å². The van der Waals surface area contributed by atoms with Crippen molar-refractivity contribution in [3.05, 3.63) is 39.6 Å². The number of nitriles is 1. The van der Waals surface area contributed by atoms with Crippen LogP contribution in [0.5, 0.6) is 0 Å². The molecule has 0 unspecified atom stereocenters. The number of benzene rings is 1. The van der Waals surface area contributed by atoms with Crippen LogP contribution in [0.15, 0.2) is 18.2 Å². The first-order valence-electron chi connectivity index (χ1n) is 6.17. The van der Waals surface area contributed by atoms with Crippen molar-refractivity contribution in [2.24, 2.45) is 0 Å². The molecule has 0 bridgehead atoms. The van der Waals surface area contributed by atoms with Crippen molar-refractivity contribution in [1.82, 2.24) is 15.0 Å². The van der Waals surface area contributed by atoms with E-state index >= 15 is 0 Å². The summed E-state index contributed by atoms with van der Waals surface area (Å²) >= 11 is 12.2. The van der Waals surface area contributed by atoms with E-state index in [-0.39, 0.29) is 17.3 Å².